The third-order valence-electron chi connectivity index (χ3n) is 14.8. The summed E-state index contributed by atoms with van der Waals surface area (Å²) in [6, 6.07) is 20.9. The predicted octanol–water partition coefficient (Wildman–Crippen LogP) is 8.83. The topological polar surface area (TPSA) is 189 Å². The quantitative estimate of drug-likeness (QED) is 0.0920. The molecule has 5 N–H and O–H groups in total. The number of anilines is 2. The van der Waals surface area contributed by atoms with Gasteiger partial charge in [-0.15, -0.1) is 11.8 Å². The second-order valence-corrected chi connectivity index (χ2v) is 21.7. The van der Waals surface area contributed by atoms with Gasteiger partial charge >= 0.3 is 5.97 Å². The van der Waals surface area contributed by atoms with E-state index in [1.807, 2.05) is 37.3 Å². The number of alkyl halides is 2. The molecule has 0 radical (unpaired) electrons. The van der Waals surface area contributed by atoms with Gasteiger partial charge in [0.1, 0.15) is 12.8 Å². The molecule has 0 bridgehead atoms. The van der Waals surface area contributed by atoms with Crippen molar-refractivity contribution < 1.29 is 57.5 Å². The Morgan fingerprint density at radius 3 is 2.37 bits per heavy atom. The monoisotopic (exact) mass is 958 g/mol. The summed E-state index contributed by atoms with van der Waals surface area (Å²) in [6.07, 6.45) is 0.659. The number of aliphatic hydroxyl groups excluding tert-OH is 2. The van der Waals surface area contributed by atoms with Crippen LogP contribution in [0, 0.1) is 22.7 Å². The van der Waals surface area contributed by atoms with Crippen molar-refractivity contribution in [2.75, 3.05) is 17.2 Å². The summed E-state index contributed by atoms with van der Waals surface area (Å²) >= 11 is 2.78. The summed E-state index contributed by atoms with van der Waals surface area (Å²) in [4.78, 5) is 65.7. The van der Waals surface area contributed by atoms with Gasteiger partial charge in [0.15, 0.2) is 29.1 Å². The Labute approximate surface area is 396 Å². The molecule has 4 fully saturated rings. The number of aliphatic carboxylic acids is 1. The molecule has 1 aliphatic heterocycles. The number of Topliss-reactive ketones (excluding diaryl/α,β-unsaturated/α-hetero) is 1. The smallest absolute Gasteiger partial charge is 0.305 e. The first-order valence-corrected chi connectivity index (χ1v) is 24.5. The molecule has 0 aromatic heterocycles. The van der Waals surface area contributed by atoms with Crippen LogP contribution in [0.5, 0.6) is 0 Å². The van der Waals surface area contributed by atoms with Crippen molar-refractivity contribution in [1.29, 1.82) is 0 Å². The number of allylic oxidation sites excluding steroid dienone is 4. The molecule has 3 aromatic rings. The van der Waals surface area contributed by atoms with Crippen LogP contribution in [0.25, 0.3) is 0 Å². The van der Waals surface area contributed by atoms with Crippen LogP contribution < -0.4 is 10.6 Å². The van der Waals surface area contributed by atoms with Crippen molar-refractivity contribution in [2.24, 2.45) is 22.7 Å². The number of carbonyl (C=O) groups is 5. The van der Waals surface area contributed by atoms with Gasteiger partial charge in [-0.1, -0.05) is 69.6 Å². The van der Waals surface area contributed by atoms with Crippen LogP contribution in [0.4, 0.5) is 20.2 Å². The van der Waals surface area contributed by atoms with Crippen LogP contribution >= 0.6 is 23.5 Å². The van der Waals surface area contributed by atoms with E-state index in [-0.39, 0.29) is 42.4 Å². The average Bonchev–Trinajstić information content (AvgIpc) is 3.80. The lowest BCUT2D eigenvalue weighted by molar-refractivity contribution is -0.235. The number of carboxylic acids is 1. The molecule has 1 heterocycles. The minimum absolute atomic E-state index is 0.00597. The SMILES string of the molecule is CCCCC(C)SC(CC(=O)O)C(=O)Nc1ccc(C(=O)Nc2cccc(Sc3ccc([C@@H]4O[C@@H]5CC6[C@@H]7C[C@H](F)C8=CC(=O)C=C[C@]8(C)[C@@]7(F)[C@@H](O)C[C@]6(C)[C@]5(C(=O)CO)O4)cc3)c2)cc1. The van der Waals surface area contributed by atoms with E-state index in [2.05, 4.69) is 17.6 Å². The van der Waals surface area contributed by atoms with Gasteiger partial charge in [0.2, 0.25) is 5.91 Å². The molecule has 0 spiro atoms. The number of carboxylic acid groups (broad SMARTS) is 1. The Kier molecular flexibility index (Phi) is 13.8. The van der Waals surface area contributed by atoms with E-state index in [1.165, 1.54) is 42.6 Å². The Morgan fingerprint density at radius 1 is 0.955 bits per heavy atom. The first-order valence-electron chi connectivity index (χ1n) is 22.8. The lowest BCUT2D eigenvalue weighted by Crippen LogP contribution is -2.70. The molecular weight excluding hydrogens is 903 g/mol. The largest absolute Gasteiger partial charge is 0.481 e. The number of hydrogen-bond donors (Lipinski definition) is 5. The zero-order valence-corrected chi connectivity index (χ0v) is 39.3. The van der Waals surface area contributed by atoms with Crippen LogP contribution in [-0.2, 0) is 28.7 Å². The highest BCUT2D eigenvalue weighted by atomic mass is 32.2. The van der Waals surface area contributed by atoms with Crippen molar-refractivity contribution in [3.8, 4) is 0 Å². The summed E-state index contributed by atoms with van der Waals surface area (Å²) in [5.41, 5.74) is -5.00. The molecule has 1 saturated heterocycles. The molecule has 16 heteroatoms. The fourth-order valence-electron chi connectivity index (χ4n) is 11.5. The second-order valence-electron chi connectivity index (χ2n) is 18.9. The third kappa shape index (κ3) is 8.71. The van der Waals surface area contributed by atoms with Gasteiger partial charge in [0.05, 0.1) is 23.9 Å². The summed E-state index contributed by atoms with van der Waals surface area (Å²) in [6.45, 7) is 6.45. The number of thioether (sulfide) groups is 1. The third-order valence-corrected chi connectivity index (χ3v) is 17.2. The van der Waals surface area contributed by atoms with Gasteiger partial charge < -0.3 is 35.4 Å². The molecule has 5 aliphatic rings. The highest BCUT2D eigenvalue weighted by Crippen LogP contribution is 2.72. The van der Waals surface area contributed by atoms with E-state index in [9.17, 15) is 39.3 Å². The molecule has 2 amide bonds. The van der Waals surface area contributed by atoms with Crippen LogP contribution in [0.15, 0.2) is 106 Å². The molecule has 8 rings (SSSR count). The summed E-state index contributed by atoms with van der Waals surface area (Å²) in [5.74, 6) is -4.64. The second kappa shape index (κ2) is 19.0. The molecular formula is C51H56F2N2O10S2. The van der Waals surface area contributed by atoms with Crippen LogP contribution in [-0.4, -0.2) is 91.4 Å². The first kappa shape index (κ1) is 48.7. The standard InChI is InChI=1S/C51H56F2N2O10S2/c1-5-6-8-28(2)66-40(25-44(60)61)46(63)54-31-15-11-29(12-16-31)45(62)55-32-9-7-10-35(21-32)67-34-17-13-30(14-18-34)47-64-43-24-36-37-23-39(52)38-22-33(57)19-20-48(38,3)50(37,53)41(58)26-49(36,4)51(43,65-47)42(59)27-56/h7,9-22,28,36-37,39-41,43,47,56,58H,5-6,8,23-27H2,1-4H3,(H,54,63)(H,55,62)(H,60,61)/t28?,36?,37-,39-,40?,41-,43+,47+,48-,49-,50-,51+/m0/s1. The summed E-state index contributed by atoms with van der Waals surface area (Å²) in [5, 5.41) is 36.6. The molecule has 3 unspecified atom stereocenters. The molecule has 4 aliphatic carbocycles. The van der Waals surface area contributed by atoms with E-state index in [4.69, 9.17) is 9.47 Å². The Balaban J connectivity index is 0.910. The van der Waals surface area contributed by atoms with Crippen LogP contribution in [0.1, 0.15) is 94.9 Å². The van der Waals surface area contributed by atoms with Gasteiger partial charge in [0.25, 0.3) is 5.91 Å². The molecule has 3 aromatic carbocycles. The highest BCUT2D eigenvalue weighted by Gasteiger charge is 2.80. The van der Waals surface area contributed by atoms with Gasteiger partial charge in [-0.3, -0.25) is 24.0 Å². The number of aliphatic hydroxyl groups is 2. The van der Waals surface area contributed by atoms with Crippen molar-refractivity contribution in [3.05, 3.63) is 108 Å². The number of hydrogen-bond acceptors (Lipinski definition) is 11. The van der Waals surface area contributed by atoms with Crippen molar-refractivity contribution in [3.63, 3.8) is 0 Å². The van der Waals surface area contributed by atoms with E-state index in [0.717, 1.165) is 35.1 Å². The first-order chi connectivity index (χ1) is 31.9. The number of ketones is 2. The molecule has 3 saturated carbocycles. The summed E-state index contributed by atoms with van der Waals surface area (Å²) in [7, 11) is 0. The Morgan fingerprint density at radius 2 is 1.69 bits per heavy atom. The molecule has 12 atom stereocenters. The number of nitrogens with one attached hydrogen (secondary N) is 2. The van der Waals surface area contributed by atoms with Crippen molar-refractivity contribution in [2.45, 2.75) is 129 Å². The maximum atomic E-state index is 17.8. The lowest BCUT2D eigenvalue weighted by atomic mass is 9.44. The number of rotatable bonds is 16. The van der Waals surface area contributed by atoms with E-state index >= 15 is 8.78 Å². The number of unbranched alkanes of at least 4 members (excludes halogenated alkanes) is 1. The number of benzene rings is 3. The lowest BCUT2D eigenvalue weighted by Gasteiger charge is -2.63. The van der Waals surface area contributed by atoms with E-state index in [0.29, 0.717) is 22.5 Å². The number of ether oxygens (including phenoxy) is 2. The Hall–Kier alpha value is -4.71. The van der Waals surface area contributed by atoms with E-state index in [1.54, 1.807) is 49.4 Å². The van der Waals surface area contributed by atoms with Crippen LogP contribution in [0.2, 0.25) is 0 Å². The number of fused-ring (bicyclic) bond motifs is 7. The zero-order chi connectivity index (χ0) is 48.1. The summed E-state index contributed by atoms with van der Waals surface area (Å²) < 4.78 is 46.9. The van der Waals surface area contributed by atoms with Crippen molar-refractivity contribution >= 4 is 64.2 Å². The molecule has 67 heavy (non-hydrogen) atoms. The Bertz CT molecular complexity index is 2490. The average molecular weight is 959 g/mol. The number of carbonyl (C=O) groups excluding carboxylic acids is 4. The van der Waals surface area contributed by atoms with Crippen LogP contribution in [0.3, 0.4) is 0 Å². The molecule has 12 nitrogen and oxygen atoms in total. The molecule has 356 valence electrons. The predicted molar refractivity (Wildman–Crippen MR) is 250 cm³/mol. The fraction of sp³-hybridized carbons (Fsp3) is 0.471. The normalized spacial score (nSPS) is 32.5. The zero-order valence-electron chi connectivity index (χ0n) is 37.7. The maximum absolute atomic E-state index is 17.8. The highest BCUT2D eigenvalue weighted by molar-refractivity contribution is 8.01. The van der Waals surface area contributed by atoms with Gasteiger partial charge in [-0.25, -0.2) is 8.78 Å². The van der Waals surface area contributed by atoms with E-state index < -0.39 is 93.9 Å². The van der Waals surface area contributed by atoms with Gasteiger partial charge in [0, 0.05) is 54.3 Å². The minimum Gasteiger partial charge on any atom is -0.481 e. The fourth-order valence-corrected chi connectivity index (χ4v) is 13.7. The number of halogens is 2. The minimum atomic E-state index is -2.35. The maximum Gasteiger partial charge on any atom is 0.305 e. The number of amides is 2. The van der Waals surface area contributed by atoms with Crippen molar-refractivity contribution in [1.82, 2.24) is 0 Å². The van der Waals surface area contributed by atoms with Gasteiger partial charge in [-0.05, 0) is 111 Å². The van der Waals surface area contributed by atoms with Gasteiger partial charge in [-0.2, -0.15) is 0 Å².